The van der Waals surface area contributed by atoms with Crippen LogP contribution >= 0.6 is 0 Å². The van der Waals surface area contributed by atoms with Crippen molar-refractivity contribution < 1.29 is 19.1 Å². The van der Waals surface area contributed by atoms with Crippen molar-refractivity contribution in [2.45, 2.75) is 45.6 Å². The van der Waals surface area contributed by atoms with Crippen molar-refractivity contribution >= 4 is 11.9 Å². The summed E-state index contributed by atoms with van der Waals surface area (Å²) in [5.74, 6) is -1.60. The molecule has 0 heterocycles. The molecule has 2 N–H and O–H groups in total. The molecule has 1 aliphatic carbocycles. The van der Waals surface area contributed by atoms with Gasteiger partial charge in [0.1, 0.15) is 5.82 Å². The van der Waals surface area contributed by atoms with Crippen LogP contribution in [-0.4, -0.2) is 17.0 Å². The van der Waals surface area contributed by atoms with Gasteiger partial charge in [-0.1, -0.05) is 12.1 Å². The predicted molar refractivity (Wildman–Crippen MR) is 80.8 cm³/mol. The molecule has 2 rings (SSSR count). The van der Waals surface area contributed by atoms with Crippen molar-refractivity contribution in [3.05, 3.63) is 35.1 Å². The number of aryl methyl sites for hydroxylation is 1. The Bertz CT molecular complexity index is 565. The van der Waals surface area contributed by atoms with E-state index in [1.165, 1.54) is 6.07 Å². The molecule has 1 saturated carbocycles. The predicted octanol–water partition coefficient (Wildman–Crippen LogP) is 3.20. The van der Waals surface area contributed by atoms with Crippen LogP contribution < -0.4 is 5.32 Å². The first-order valence-corrected chi connectivity index (χ1v) is 7.67. The number of hydrogen-bond acceptors (Lipinski definition) is 2. The van der Waals surface area contributed by atoms with Crippen LogP contribution in [0.25, 0.3) is 0 Å². The molecule has 0 aliphatic heterocycles. The molecule has 0 aromatic heterocycles. The Labute approximate surface area is 129 Å². The van der Waals surface area contributed by atoms with Gasteiger partial charge < -0.3 is 10.4 Å². The number of amides is 1. The normalized spacial score (nSPS) is 22.9. The fourth-order valence-corrected chi connectivity index (χ4v) is 2.90. The molecule has 1 unspecified atom stereocenters. The molecule has 0 saturated heterocycles. The van der Waals surface area contributed by atoms with Crippen molar-refractivity contribution in [3.8, 4) is 0 Å². The van der Waals surface area contributed by atoms with E-state index in [9.17, 15) is 14.0 Å². The van der Waals surface area contributed by atoms with Gasteiger partial charge in [0.2, 0.25) is 5.91 Å². The Morgan fingerprint density at radius 3 is 2.36 bits per heavy atom. The molecule has 120 valence electrons. The monoisotopic (exact) mass is 307 g/mol. The van der Waals surface area contributed by atoms with Gasteiger partial charge in [-0.05, 0) is 56.7 Å². The third-order valence-corrected chi connectivity index (χ3v) is 4.50. The number of hydrogen-bond donors (Lipinski definition) is 2. The fourth-order valence-electron chi connectivity index (χ4n) is 2.90. The lowest BCUT2D eigenvalue weighted by molar-refractivity contribution is -0.144. The zero-order chi connectivity index (χ0) is 16.3. The van der Waals surface area contributed by atoms with Crippen LogP contribution in [0.4, 0.5) is 4.39 Å². The number of carboxylic acids is 1. The van der Waals surface area contributed by atoms with E-state index in [1.54, 1.807) is 13.0 Å². The van der Waals surface area contributed by atoms with Crippen molar-refractivity contribution in [1.29, 1.82) is 0 Å². The summed E-state index contributed by atoms with van der Waals surface area (Å²) in [6.07, 6.45) is 2.28. The molecular formula is C17H22FNO3. The van der Waals surface area contributed by atoms with Crippen LogP contribution in [0.15, 0.2) is 18.2 Å². The zero-order valence-corrected chi connectivity index (χ0v) is 12.9. The summed E-state index contributed by atoms with van der Waals surface area (Å²) in [7, 11) is 0. The Morgan fingerprint density at radius 1 is 1.23 bits per heavy atom. The molecule has 0 spiro atoms. The number of carbonyl (C=O) groups excluding carboxylic acids is 1. The molecule has 4 nitrogen and oxygen atoms in total. The quantitative estimate of drug-likeness (QED) is 0.897. The molecule has 0 bridgehead atoms. The highest BCUT2D eigenvalue weighted by Crippen LogP contribution is 2.29. The highest BCUT2D eigenvalue weighted by atomic mass is 19.1. The maximum absolute atomic E-state index is 13.6. The van der Waals surface area contributed by atoms with Gasteiger partial charge in [0.25, 0.3) is 0 Å². The second-order valence-electron chi connectivity index (χ2n) is 6.13. The van der Waals surface area contributed by atoms with Crippen molar-refractivity contribution in [2.24, 2.45) is 11.8 Å². The Kier molecular flexibility index (Phi) is 5.16. The van der Waals surface area contributed by atoms with Gasteiger partial charge in [0.15, 0.2) is 0 Å². The molecule has 1 amide bonds. The zero-order valence-electron chi connectivity index (χ0n) is 12.9. The van der Waals surface area contributed by atoms with Crippen LogP contribution in [0, 0.1) is 24.6 Å². The second kappa shape index (κ2) is 6.90. The third kappa shape index (κ3) is 3.84. The topological polar surface area (TPSA) is 66.4 Å². The highest BCUT2D eigenvalue weighted by molar-refractivity contribution is 5.79. The molecule has 1 fully saturated rings. The standard InChI is InChI=1S/C17H22FNO3/c1-10-3-4-14(9-15(10)18)11(2)19-16(20)12-5-7-13(8-6-12)17(21)22/h3-4,9,11-13H,5-8H2,1-2H3,(H,19,20)(H,21,22). The Morgan fingerprint density at radius 2 is 1.82 bits per heavy atom. The number of aliphatic carboxylic acids is 1. The van der Waals surface area contributed by atoms with E-state index >= 15 is 0 Å². The largest absolute Gasteiger partial charge is 0.481 e. The lowest BCUT2D eigenvalue weighted by atomic mass is 9.81. The molecule has 1 atom stereocenters. The molecule has 22 heavy (non-hydrogen) atoms. The van der Waals surface area contributed by atoms with Crippen molar-refractivity contribution in [1.82, 2.24) is 5.32 Å². The lowest BCUT2D eigenvalue weighted by Gasteiger charge is -2.26. The van der Waals surface area contributed by atoms with Gasteiger partial charge in [0, 0.05) is 5.92 Å². The van der Waals surface area contributed by atoms with Gasteiger partial charge in [-0.25, -0.2) is 4.39 Å². The van der Waals surface area contributed by atoms with E-state index in [2.05, 4.69) is 5.32 Å². The highest BCUT2D eigenvalue weighted by Gasteiger charge is 2.30. The van der Waals surface area contributed by atoms with Crippen LogP contribution in [0.3, 0.4) is 0 Å². The summed E-state index contributed by atoms with van der Waals surface area (Å²) in [5, 5.41) is 11.9. The van der Waals surface area contributed by atoms with Gasteiger partial charge >= 0.3 is 5.97 Å². The number of carboxylic acid groups (broad SMARTS) is 1. The van der Waals surface area contributed by atoms with Crippen molar-refractivity contribution in [2.75, 3.05) is 0 Å². The summed E-state index contributed by atoms with van der Waals surface area (Å²) >= 11 is 0. The molecule has 0 radical (unpaired) electrons. The minimum absolute atomic E-state index is 0.0719. The van der Waals surface area contributed by atoms with E-state index < -0.39 is 5.97 Å². The van der Waals surface area contributed by atoms with Crippen LogP contribution in [0.5, 0.6) is 0 Å². The minimum atomic E-state index is -0.776. The maximum atomic E-state index is 13.6. The van der Waals surface area contributed by atoms with Gasteiger partial charge in [0.05, 0.1) is 12.0 Å². The smallest absolute Gasteiger partial charge is 0.306 e. The van der Waals surface area contributed by atoms with Gasteiger partial charge in [-0.2, -0.15) is 0 Å². The third-order valence-electron chi connectivity index (χ3n) is 4.50. The van der Waals surface area contributed by atoms with Gasteiger partial charge in [-0.15, -0.1) is 0 Å². The van der Waals surface area contributed by atoms with Gasteiger partial charge in [-0.3, -0.25) is 9.59 Å². The number of carbonyl (C=O) groups is 2. The first-order valence-electron chi connectivity index (χ1n) is 7.67. The molecule has 5 heteroatoms. The molecule has 1 aliphatic rings. The Balaban J connectivity index is 1.91. The van der Waals surface area contributed by atoms with E-state index in [4.69, 9.17) is 5.11 Å². The average molecular weight is 307 g/mol. The number of nitrogens with one attached hydrogen (secondary N) is 1. The van der Waals surface area contributed by atoms with E-state index in [1.807, 2.05) is 13.0 Å². The van der Waals surface area contributed by atoms with Crippen LogP contribution in [0.1, 0.15) is 49.8 Å². The lowest BCUT2D eigenvalue weighted by Crippen LogP contribution is -2.35. The fraction of sp³-hybridized carbons (Fsp3) is 0.529. The number of rotatable bonds is 4. The maximum Gasteiger partial charge on any atom is 0.306 e. The van der Waals surface area contributed by atoms with E-state index in [-0.39, 0.29) is 29.6 Å². The SMILES string of the molecule is Cc1ccc(C(C)NC(=O)C2CCC(C(=O)O)CC2)cc1F. The number of benzene rings is 1. The molecule has 1 aromatic rings. The Hall–Kier alpha value is -1.91. The molecular weight excluding hydrogens is 285 g/mol. The average Bonchev–Trinajstić information content (AvgIpc) is 2.50. The summed E-state index contributed by atoms with van der Waals surface area (Å²) in [6, 6.07) is 4.69. The summed E-state index contributed by atoms with van der Waals surface area (Å²) in [4.78, 5) is 23.2. The summed E-state index contributed by atoms with van der Waals surface area (Å²) in [6.45, 7) is 3.52. The first kappa shape index (κ1) is 16.5. The number of halogens is 1. The molecule has 1 aromatic carbocycles. The second-order valence-corrected chi connectivity index (χ2v) is 6.13. The van der Waals surface area contributed by atoms with Crippen molar-refractivity contribution in [3.63, 3.8) is 0 Å². The van der Waals surface area contributed by atoms with Crippen LogP contribution in [0.2, 0.25) is 0 Å². The van der Waals surface area contributed by atoms with E-state index in [0.29, 0.717) is 31.2 Å². The van der Waals surface area contributed by atoms with E-state index in [0.717, 1.165) is 5.56 Å². The van der Waals surface area contributed by atoms with Crippen LogP contribution in [-0.2, 0) is 9.59 Å². The first-order chi connectivity index (χ1) is 10.4. The summed E-state index contributed by atoms with van der Waals surface area (Å²) < 4.78 is 13.6. The minimum Gasteiger partial charge on any atom is -0.481 e. The summed E-state index contributed by atoms with van der Waals surface area (Å²) in [5.41, 5.74) is 1.31.